The lowest BCUT2D eigenvalue weighted by Gasteiger charge is -2.18. The molecule has 9 nitrogen and oxygen atoms in total. The van der Waals surface area contributed by atoms with Crippen LogP contribution in [0.5, 0.6) is 0 Å². The number of nitrogen functional groups attached to an aromatic ring is 1. The molecule has 2 aromatic carbocycles. The highest BCUT2D eigenvalue weighted by Gasteiger charge is 2.23. The third kappa shape index (κ3) is 5.76. The summed E-state index contributed by atoms with van der Waals surface area (Å²) in [6.45, 7) is -0.228. The number of rotatable bonds is 8. The van der Waals surface area contributed by atoms with Crippen LogP contribution in [0, 0.1) is 0 Å². The molecule has 33 heavy (non-hydrogen) atoms. The van der Waals surface area contributed by atoms with Gasteiger partial charge in [0.05, 0.1) is 19.6 Å². The number of amides is 1. The number of nitrogens with one attached hydrogen (secondary N) is 1. The molecule has 0 aliphatic carbocycles. The molecule has 3 aromatic rings. The van der Waals surface area contributed by atoms with Gasteiger partial charge >= 0.3 is 5.69 Å². The topological polar surface area (TPSA) is 119 Å². The first kappa shape index (κ1) is 24.0. The van der Waals surface area contributed by atoms with Crippen molar-refractivity contribution in [3.05, 3.63) is 91.6 Å². The molecule has 1 amide bonds. The number of aromatic nitrogens is 2. The monoisotopic (exact) mass is 469 g/mol. The van der Waals surface area contributed by atoms with Crippen LogP contribution in [0.1, 0.15) is 15.9 Å². The Labute approximate surface area is 195 Å². The van der Waals surface area contributed by atoms with E-state index in [4.69, 9.17) is 17.3 Å². The molecule has 1 aromatic heterocycles. The van der Waals surface area contributed by atoms with E-state index in [-0.39, 0.29) is 36.9 Å². The second-order valence-electron chi connectivity index (χ2n) is 7.63. The molecule has 10 heteroatoms. The maximum absolute atomic E-state index is 12.9. The molecule has 0 aliphatic heterocycles. The van der Waals surface area contributed by atoms with Gasteiger partial charge in [0.2, 0.25) is 5.91 Å². The number of Topliss-reactive ketones (excluding diaryl/α,β-unsaturated/α-hetero) is 1. The van der Waals surface area contributed by atoms with Gasteiger partial charge in [-0.25, -0.2) is 4.79 Å². The Morgan fingerprint density at radius 3 is 2.30 bits per heavy atom. The average Bonchev–Trinajstić information content (AvgIpc) is 2.77. The Hall–Kier alpha value is -3.69. The SMILES string of the molecule is CN(CC(=O)Nc1ccc(Cl)cc1)CC(=O)c1c(N)n(Cc2ccccc2)c(=O)n(C)c1=O. The van der Waals surface area contributed by atoms with Crippen molar-refractivity contribution in [1.29, 1.82) is 0 Å². The molecule has 0 unspecified atom stereocenters. The Morgan fingerprint density at radius 2 is 1.67 bits per heavy atom. The van der Waals surface area contributed by atoms with E-state index in [1.807, 2.05) is 30.3 Å². The van der Waals surface area contributed by atoms with E-state index in [9.17, 15) is 19.2 Å². The zero-order valence-corrected chi connectivity index (χ0v) is 19.0. The summed E-state index contributed by atoms with van der Waals surface area (Å²) in [4.78, 5) is 52.0. The summed E-state index contributed by atoms with van der Waals surface area (Å²) >= 11 is 5.83. The molecule has 3 N–H and O–H groups in total. The number of carbonyl (C=O) groups excluding carboxylic acids is 2. The van der Waals surface area contributed by atoms with Crippen molar-refractivity contribution < 1.29 is 9.59 Å². The zero-order valence-electron chi connectivity index (χ0n) is 18.2. The summed E-state index contributed by atoms with van der Waals surface area (Å²) < 4.78 is 2.05. The fourth-order valence-corrected chi connectivity index (χ4v) is 3.45. The summed E-state index contributed by atoms with van der Waals surface area (Å²) in [7, 11) is 2.87. The molecule has 0 fully saturated rings. The van der Waals surface area contributed by atoms with Gasteiger partial charge in [0.15, 0.2) is 5.78 Å². The minimum atomic E-state index is -0.772. The number of hydrogen-bond acceptors (Lipinski definition) is 6. The van der Waals surface area contributed by atoms with Crippen molar-refractivity contribution in [2.45, 2.75) is 6.54 Å². The molecular formula is C23H24ClN5O4. The molecule has 0 aliphatic rings. The van der Waals surface area contributed by atoms with Crippen molar-refractivity contribution in [3.63, 3.8) is 0 Å². The summed E-state index contributed by atoms with van der Waals surface area (Å²) in [6.07, 6.45) is 0. The summed E-state index contributed by atoms with van der Waals surface area (Å²) in [5, 5.41) is 3.25. The van der Waals surface area contributed by atoms with E-state index in [0.29, 0.717) is 10.7 Å². The van der Waals surface area contributed by atoms with E-state index in [1.165, 1.54) is 16.5 Å². The maximum atomic E-state index is 12.9. The summed E-state index contributed by atoms with van der Waals surface area (Å²) in [6, 6.07) is 15.7. The highest BCUT2D eigenvalue weighted by Crippen LogP contribution is 2.13. The van der Waals surface area contributed by atoms with Crippen molar-refractivity contribution in [3.8, 4) is 0 Å². The molecule has 1 heterocycles. The van der Waals surface area contributed by atoms with Gasteiger partial charge < -0.3 is 11.1 Å². The van der Waals surface area contributed by atoms with E-state index in [1.54, 1.807) is 31.3 Å². The Kier molecular flexibility index (Phi) is 7.47. The van der Waals surface area contributed by atoms with Gasteiger partial charge in [-0.1, -0.05) is 41.9 Å². The molecule has 0 spiro atoms. The van der Waals surface area contributed by atoms with Crippen molar-refractivity contribution in [1.82, 2.24) is 14.0 Å². The van der Waals surface area contributed by atoms with E-state index in [0.717, 1.165) is 10.1 Å². The lowest BCUT2D eigenvalue weighted by molar-refractivity contribution is -0.116. The van der Waals surface area contributed by atoms with Gasteiger partial charge in [-0.15, -0.1) is 0 Å². The lowest BCUT2D eigenvalue weighted by atomic mass is 10.1. The number of anilines is 2. The van der Waals surface area contributed by atoms with Crippen LogP contribution in [0.2, 0.25) is 5.02 Å². The van der Waals surface area contributed by atoms with E-state index in [2.05, 4.69) is 5.32 Å². The van der Waals surface area contributed by atoms with Crippen molar-refractivity contribution >= 4 is 34.8 Å². The van der Waals surface area contributed by atoms with Crippen molar-refractivity contribution in [2.24, 2.45) is 7.05 Å². The number of hydrogen-bond donors (Lipinski definition) is 2. The molecule has 3 rings (SSSR count). The smallest absolute Gasteiger partial charge is 0.332 e. The minimum Gasteiger partial charge on any atom is -0.384 e. The molecular weight excluding hydrogens is 446 g/mol. The van der Waals surface area contributed by atoms with Crippen LogP contribution in [0.3, 0.4) is 0 Å². The van der Waals surface area contributed by atoms with E-state index >= 15 is 0 Å². The predicted octanol–water partition coefficient (Wildman–Crippen LogP) is 1.58. The number of nitrogens with two attached hydrogens (primary N) is 1. The average molecular weight is 470 g/mol. The number of halogens is 1. The molecule has 0 radical (unpaired) electrons. The van der Waals surface area contributed by atoms with Gasteiger partial charge in [-0.3, -0.25) is 28.4 Å². The molecule has 172 valence electrons. The van der Waals surface area contributed by atoms with Crippen LogP contribution < -0.4 is 22.3 Å². The molecule has 0 bridgehead atoms. The summed E-state index contributed by atoms with van der Waals surface area (Å²) in [5.41, 5.74) is 5.80. The zero-order chi connectivity index (χ0) is 24.1. The normalized spacial score (nSPS) is 10.9. The van der Waals surface area contributed by atoms with Gasteiger partial charge in [0, 0.05) is 17.8 Å². The number of carbonyl (C=O) groups is 2. The Balaban J connectivity index is 1.77. The Bertz CT molecular complexity index is 1280. The van der Waals surface area contributed by atoms with Gasteiger partial charge in [0.1, 0.15) is 11.4 Å². The third-order valence-electron chi connectivity index (χ3n) is 5.00. The molecule has 0 saturated carbocycles. The number of likely N-dealkylation sites (N-methyl/N-ethyl adjacent to an activating group) is 1. The number of nitrogens with zero attached hydrogens (tertiary/aromatic N) is 3. The maximum Gasteiger partial charge on any atom is 0.332 e. The second-order valence-corrected chi connectivity index (χ2v) is 8.07. The predicted molar refractivity (Wildman–Crippen MR) is 128 cm³/mol. The standard InChI is InChI=1S/C23H24ClN5O4/c1-27(14-19(31)26-17-10-8-16(24)9-11-17)13-18(30)20-21(25)29(23(33)28(2)22(20)32)12-15-6-4-3-5-7-15/h3-11H,12-14,25H2,1-2H3,(H,26,31). The first-order chi connectivity index (χ1) is 15.7. The number of benzene rings is 2. The van der Waals surface area contributed by atoms with Crippen LogP contribution in [-0.2, 0) is 18.4 Å². The quantitative estimate of drug-likeness (QED) is 0.483. The van der Waals surface area contributed by atoms with E-state index < -0.39 is 17.0 Å². The fourth-order valence-electron chi connectivity index (χ4n) is 3.32. The van der Waals surface area contributed by atoms with Crippen molar-refractivity contribution in [2.75, 3.05) is 31.2 Å². The third-order valence-corrected chi connectivity index (χ3v) is 5.25. The van der Waals surface area contributed by atoms with Crippen LogP contribution in [0.25, 0.3) is 0 Å². The highest BCUT2D eigenvalue weighted by molar-refractivity contribution is 6.30. The fraction of sp³-hybridized carbons (Fsp3) is 0.217. The van der Waals surface area contributed by atoms with Crippen LogP contribution in [-0.4, -0.2) is 45.9 Å². The molecule has 0 saturated heterocycles. The second kappa shape index (κ2) is 10.3. The molecule has 0 atom stereocenters. The highest BCUT2D eigenvalue weighted by atomic mass is 35.5. The summed E-state index contributed by atoms with van der Waals surface area (Å²) in [5.74, 6) is -1.13. The minimum absolute atomic E-state index is 0.0990. The lowest BCUT2D eigenvalue weighted by Crippen LogP contribution is -2.44. The van der Waals surface area contributed by atoms with Crippen LogP contribution in [0.4, 0.5) is 11.5 Å². The van der Waals surface area contributed by atoms with Gasteiger partial charge in [-0.2, -0.15) is 0 Å². The van der Waals surface area contributed by atoms with Gasteiger partial charge in [-0.05, 0) is 36.9 Å². The first-order valence-corrected chi connectivity index (χ1v) is 10.5. The number of ketones is 1. The Morgan fingerprint density at radius 1 is 1.03 bits per heavy atom. The van der Waals surface area contributed by atoms with Gasteiger partial charge in [0.25, 0.3) is 5.56 Å². The largest absolute Gasteiger partial charge is 0.384 e. The first-order valence-electron chi connectivity index (χ1n) is 10.1. The van der Waals surface area contributed by atoms with Crippen LogP contribution in [0.15, 0.2) is 64.2 Å². The van der Waals surface area contributed by atoms with Crippen LogP contribution >= 0.6 is 11.6 Å².